The van der Waals surface area contributed by atoms with E-state index in [1.807, 2.05) is 24.3 Å². The summed E-state index contributed by atoms with van der Waals surface area (Å²) in [6.45, 7) is 0.823. The third-order valence-electron chi connectivity index (χ3n) is 4.37. The topological polar surface area (TPSA) is 94.6 Å². The molecule has 0 saturated heterocycles. The van der Waals surface area contributed by atoms with E-state index in [-0.39, 0.29) is 18.4 Å². The van der Waals surface area contributed by atoms with E-state index in [0.717, 1.165) is 17.7 Å². The number of hydrogen-bond acceptors (Lipinski definition) is 7. The molecular weight excluding hydrogens is 372 g/mol. The van der Waals surface area contributed by atoms with Crippen LogP contribution in [-0.2, 0) is 6.42 Å². The van der Waals surface area contributed by atoms with Gasteiger partial charge in [-0.25, -0.2) is 9.97 Å². The van der Waals surface area contributed by atoms with Crippen molar-refractivity contribution in [3.8, 4) is 17.2 Å². The highest BCUT2D eigenvalue weighted by Gasteiger charge is 2.15. The minimum absolute atomic E-state index is 0.185. The molecule has 4 rings (SSSR count). The van der Waals surface area contributed by atoms with Gasteiger partial charge in [0.1, 0.15) is 11.4 Å². The maximum absolute atomic E-state index is 12.5. The Morgan fingerprint density at radius 2 is 1.93 bits per heavy atom. The number of amides is 1. The van der Waals surface area contributed by atoms with Crippen molar-refractivity contribution in [3.63, 3.8) is 0 Å². The third-order valence-corrected chi connectivity index (χ3v) is 4.37. The number of fused-ring (bicyclic) bond motifs is 1. The second-order valence-electron chi connectivity index (χ2n) is 6.31. The second-order valence-corrected chi connectivity index (χ2v) is 6.31. The van der Waals surface area contributed by atoms with Crippen LogP contribution < -0.4 is 24.8 Å². The number of anilines is 2. The molecule has 0 atom stereocenters. The van der Waals surface area contributed by atoms with Gasteiger partial charge in [-0.2, -0.15) is 0 Å². The van der Waals surface area contributed by atoms with Crippen LogP contribution in [0.5, 0.6) is 17.2 Å². The molecule has 3 aromatic rings. The minimum Gasteiger partial charge on any atom is -0.497 e. The molecule has 8 nitrogen and oxygen atoms in total. The first-order chi connectivity index (χ1) is 14.2. The number of nitrogens with zero attached hydrogens (tertiary/aromatic N) is 2. The molecule has 0 unspecified atom stereocenters. The number of methoxy groups -OCH3 is 1. The summed E-state index contributed by atoms with van der Waals surface area (Å²) in [5, 5.41) is 5.95. The molecule has 1 aliphatic heterocycles. The van der Waals surface area contributed by atoms with Gasteiger partial charge >= 0.3 is 0 Å². The van der Waals surface area contributed by atoms with Gasteiger partial charge in [0.2, 0.25) is 12.7 Å². The van der Waals surface area contributed by atoms with E-state index in [1.165, 1.54) is 0 Å². The fourth-order valence-corrected chi connectivity index (χ4v) is 2.85. The lowest BCUT2D eigenvalue weighted by atomic mass is 10.1. The zero-order chi connectivity index (χ0) is 20.1. The summed E-state index contributed by atoms with van der Waals surface area (Å²) in [7, 11) is 1.64. The molecule has 2 heterocycles. The lowest BCUT2D eigenvalue weighted by Gasteiger charge is -2.08. The molecule has 0 spiro atoms. The van der Waals surface area contributed by atoms with Gasteiger partial charge in [0.15, 0.2) is 11.5 Å². The first kappa shape index (κ1) is 18.5. The summed E-state index contributed by atoms with van der Waals surface area (Å²) < 4.78 is 15.7. The summed E-state index contributed by atoms with van der Waals surface area (Å²) in [5.41, 5.74) is 2.03. The number of carbonyl (C=O) groups is 1. The van der Waals surface area contributed by atoms with E-state index in [9.17, 15) is 4.79 Å². The second kappa shape index (κ2) is 8.47. The largest absolute Gasteiger partial charge is 0.497 e. The van der Waals surface area contributed by atoms with Gasteiger partial charge in [-0.3, -0.25) is 4.79 Å². The van der Waals surface area contributed by atoms with Crippen LogP contribution in [-0.4, -0.2) is 36.3 Å². The number of hydrogen-bond donors (Lipinski definition) is 2. The lowest BCUT2D eigenvalue weighted by molar-refractivity contribution is 0.102. The number of carbonyl (C=O) groups excluding carboxylic acids is 1. The van der Waals surface area contributed by atoms with Crippen molar-refractivity contribution in [3.05, 3.63) is 66.0 Å². The van der Waals surface area contributed by atoms with Gasteiger partial charge in [0.25, 0.3) is 5.91 Å². The van der Waals surface area contributed by atoms with Crippen molar-refractivity contribution in [2.24, 2.45) is 0 Å². The highest BCUT2D eigenvalue weighted by molar-refractivity contribution is 6.03. The van der Waals surface area contributed by atoms with Gasteiger partial charge in [-0.1, -0.05) is 12.1 Å². The van der Waals surface area contributed by atoms with Crippen LogP contribution in [0.15, 0.2) is 54.7 Å². The van der Waals surface area contributed by atoms with E-state index in [4.69, 9.17) is 14.2 Å². The average molecular weight is 392 g/mol. The molecular formula is C21H20N4O4. The maximum atomic E-state index is 12.5. The van der Waals surface area contributed by atoms with Crippen LogP contribution in [0.3, 0.4) is 0 Å². The summed E-state index contributed by atoms with van der Waals surface area (Å²) in [6.07, 6.45) is 2.35. The highest BCUT2D eigenvalue weighted by Crippen LogP contribution is 2.34. The van der Waals surface area contributed by atoms with Crippen molar-refractivity contribution in [1.82, 2.24) is 9.97 Å². The Balaban J connectivity index is 1.34. The van der Waals surface area contributed by atoms with Crippen LogP contribution in [0.1, 0.15) is 16.1 Å². The molecule has 0 saturated carbocycles. The normalized spacial score (nSPS) is 11.8. The Hall–Kier alpha value is -3.81. The predicted octanol–water partition coefficient (Wildman–Crippen LogP) is 3.12. The Kier molecular flexibility index (Phi) is 5.42. The van der Waals surface area contributed by atoms with Crippen LogP contribution in [0.4, 0.5) is 11.6 Å². The van der Waals surface area contributed by atoms with Crippen LogP contribution >= 0.6 is 0 Å². The summed E-state index contributed by atoms with van der Waals surface area (Å²) in [5.74, 6) is 2.16. The Labute approximate surface area is 167 Å². The van der Waals surface area contributed by atoms with Gasteiger partial charge in [-0.15, -0.1) is 0 Å². The third kappa shape index (κ3) is 4.55. The Bertz CT molecular complexity index is 1010. The molecule has 0 aliphatic carbocycles. The summed E-state index contributed by atoms with van der Waals surface area (Å²) >= 11 is 0. The lowest BCUT2D eigenvalue weighted by Crippen LogP contribution is -2.16. The van der Waals surface area contributed by atoms with Crippen molar-refractivity contribution in [1.29, 1.82) is 0 Å². The van der Waals surface area contributed by atoms with E-state index >= 15 is 0 Å². The van der Waals surface area contributed by atoms with E-state index < -0.39 is 0 Å². The van der Waals surface area contributed by atoms with Gasteiger partial charge in [0.05, 0.1) is 7.11 Å². The zero-order valence-electron chi connectivity index (χ0n) is 15.8. The summed E-state index contributed by atoms with van der Waals surface area (Å²) in [4.78, 5) is 21.0. The fourth-order valence-electron chi connectivity index (χ4n) is 2.85. The van der Waals surface area contributed by atoms with Gasteiger partial charge in [0, 0.05) is 24.5 Å². The Morgan fingerprint density at radius 3 is 2.76 bits per heavy atom. The molecule has 0 radical (unpaired) electrons. The molecule has 1 amide bonds. The smallest absolute Gasteiger partial charge is 0.274 e. The summed E-state index contributed by atoms with van der Waals surface area (Å²) in [6, 6.07) is 14.7. The molecule has 1 aromatic heterocycles. The van der Waals surface area contributed by atoms with Crippen molar-refractivity contribution < 1.29 is 19.0 Å². The van der Waals surface area contributed by atoms with Gasteiger partial charge < -0.3 is 24.8 Å². The Morgan fingerprint density at radius 1 is 1.10 bits per heavy atom. The molecule has 2 N–H and O–H groups in total. The van der Waals surface area contributed by atoms with Crippen molar-refractivity contribution in [2.45, 2.75) is 6.42 Å². The predicted molar refractivity (Wildman–Crippen MR) is 108 cm³/mol. The quantitative estimate of drug-likeness (QED) is 0.638. The van der Waals surface area contributed by atoms with Crippen LogP contribution in [0, 0.1) is 0 Å². The van der Waals surface area contributed by atoms with Crippen LogP contribution in [0.2, 0.25) is 0 Å². The molecule has 0 fully saturated rings. The number of rotatable bonds is 7. The van der Waals surface area contributed by atoms with Crippen LogP contribution in [0.25, 0.3) is 0 Å². The molecule has 0 bridgehead atoms. The molecule has 148 valence electrons. The van der Waals surface area contributed by atoms with E-state index in [2.05, 4.69) is 20.6 Å². The first-order valence-corrected chi connectivity index (χ1v) is 9.12. The first-order valence-electron chi connectivity index (χ1n) is 9.12. The number of ether oxygens (including phenoxy) is 3. The molecule has 8 heteroatoms. The number of nitrogens with one attached hydrogen (secondary N) is 2. The molecule has 1 aliphatic rings. The zero-order valence-corrected chi connectivity index (χ0v) is 15.8. The molecule has 29 heavy (non-hydrogen) atoms. The van der Waals surface area contributed by atoms with Crippen molar-refractivity contribution >= 4 is 17.5 Å². The number of benzene rings is 2. The van der Waals surface area contributed by atoms with Gasteiger partial charge in [-0.05, 0) is 42.3 Å². The number of aromatic nitrogens is 2. The SMILES string of the molecule is COc1ccc(CCNc2nccc(C(=O)Nc3ccc4c(c3)OCO4)n2)cc1. The average Bonchev–Trinajstić information content (AvgIpc) is 3.22. The fraction of sp³-hybridized carbons (Fsp3) is 0.190. The van der Waals surface area contributed by atoms with E-state index in [0.29, 0.717) is 29.7 Å². The van der Waals surface area contributed by atoms with Crippen molar-refractivity contribution in [2.75, 3.05) is 31.1 Å². The van der Waals surface area contributed by atoms with E-state index in [1.54, 1.807) is 37.6 Å². The minimum atomic E-state index is -0.329. The maximum Gasteiger partial charge on any atom is 0.274 e. The standard InChI is InChI=1S/C21H20N4O4/c1-27-16-5-2-14(3-6-16)8-10-22-21-23-11-9-17(25-21)20(26)24-15-4-7-18-19(12-15)29-13-28-18/h2-7,9,11-12H,8,10,13H2,1H3,(H,24,26)(H,22,23,25). The highest BCUT2D eigenvalue weighted by atomic mass is 16.7. The monoisotopic (exact) mass is 392 g/mol. The molecule has 2 aromatic carbocycles.